The summed E-state index contributed by atoms with van der Waals surface area (Å²) in [6, 6.07) is 12.0. The minimum atomic E-state index is -0.433. The van der Waals surface area contributed by atoms with Gasteiger partial charge in [-0.3, -0.25) is 9.78 Å². The molecule has 0 bridgehead atoms. The molecule has 0 aliphatic heterocycles. The van der Waals surface area contributed by atoms with Gasteiger partial charge in [-0.25, -0.2) is 4.79 Å². The lowest BCUT2D eigenvalue weighted by molar-refractivity contribution is -0.137. The number of carbonyl (C=O) groups is 2. The summed E-state index contributed by atoms with van der Waals surface area (Å²) in [5, 5.41) is 4.10. The second-order valence-electron chi connectivity index (χ2n) is 5.74. The Morgan fingerprint density at radius 1 is 1.11 bits per heavy atom. The first-order chi connectivity index (χ1) is 13.5. The monoisotopic (exact) mass is 414 g/mol. The van der Waals surface area contributed by atoms with Crippen molar-refractivity contribution in [3.05, 3.63) is 75.9 Å². The summed E-state index contributed by atoms with van der Waals surface area (Å²) >= 11 is 12.2. The zero-order valence-electron chi connectivity index (χ0n) is 14.9. The maximum absolute atomic E-state index is 12.7. The van der Waals surface area contributed by atoms with Crippen LogP contribution in [0.1, 0.15) is 22.8 Å². The number of nitrogens with one attached hydrogen (secondary N) is 1. The molecule has 1 aromatic heterocycles. The van der Waals surface area contributed by atoms with Gasteiger partial charge in [-0.2, -0.15) is 0 Å². The fourth-order valence-corrected chi connectivity index (χ4v) is 3.26. The van der Waals surface area contributed by atoms with Crippen LogP contribution in [0.15, 0.2) is 54.7 Å². The normalized spacial score (nSPS) is 11.0. The Hall–Kier alpha value is -2.89. The molecule has 7 heteroatoms. The van der Waals surface area contributed by atoms with Crippen molar-refractivity contribution in [3.8, 4) is 0 Å². The molecule has 28 heavy (non-hydrogen) atoms. The third-order valence-corrected chi connectivity index (χ3v) is 4.56. The van der Waals surface area contributed by atoms with Crippen molar-refractivity contribution < 1.29 is 14.3 Å². The number of benzene rings is 2. The van der Waals surface area contributed by atoms with E-state index in [0.717, 1.165) is 10.9 Å². The molecule has 142 valence electrons. The van der Waals surface area contributed by atoms with Crippen LogP contribution in [0.25, 0.3) is 17.0 Å². The molecule has 0 saturated heterocycles. The Morgan fingerprint density at radius 3 is 2.54 bits per heavy atom. The second-order valence-corrected chi connectivity index (χ2v) is 6.55. The quantitative estimate of drug-likeness (QED) is 0.449. The van der Waals surface area contributed by atoms with Crippen LogP contribution >= 0.6 is 23.2 Å². The summed E-state index contributed by atoms with van der Waals surface area (Å²) in [4.78, 5) is 28.6. The van der Waals surface area contributed by atoms with E-state index in [1.807, 2.05) is 6.07 Å². The van der Waals surface area contributed by atoms with E-state index in [1.165, 1.54) is 6.08 Å². The average molecular weight is 415 g/mol. The Bertz CT molecular complexity index is 1060. The van der Waals surface area contributed by atoms with E-state index in [9.17, 15) is 9.59 Å². The summed E-state index contributed by atoms with van der Waals surface area (Å²) in [6.07, 6.45) is 4.61. The number of pyridine rings is 1. The molecule has 0 aliphatic carbocycles. The summed E-state index contributed by atoms with van der Waals surface area (Å²) in [5.74, 6) is -0.859. The molecule has 3 rings (SSSR count). The number of nitrogens with zero attached hydrogens (tertiary/aromatic N) is 1. The average Bonchev–Trinajstić information content (AvgIpc) is 2.67. The molecule has 5 nitrogen and oxygen atoms in total. The van der Waals surface area contributed by atoms with Crippen LogP contribution in [0, 0.1) is 0 Å². The van der Waals surface area contributed by atoms with E-state index in [0.29, 0.717) is 17.8 Å². The van der Waals surface area contributed by atoms with Gasteiger partial charge in [0.2, 0.25) is 0 Å². The number of ether oxygens (including phenoxy) is 1. The van der Waals surface area contributed by atoms with Crippen LogP contribution in [0.5, 0.6) is 0 Å². The fraction of sp³-hybridized carbons (Fsp3) is 0.0952. The van der Waals surface area contributed by atoms with Gasteiger partial charge in [0.05, 0.1) is 33.4 Å². The highest BCUT2D eigenvalue weighted by molar-refractivity contribution is 6.40. The van der Waals surface area contributed by atoms with Gasteiger partial charge in [0, 0.05) is 17.7 Å². The van der Waals surface area contributed by atoms with E-state index in [1.54, 1.807) is 55.6 Å². The van der Waals surface area contributed by atoms with Crippen molar-refractivity contribution in [1.82, 2.24) is 4.98 Å². The first-order valence-electron chi connectivity index (χ1n) is 8.49. The van der Waals surface area contributed by atoms with Crippen molar-refractivity contribution in [2.45, 2.75) is 6.92 Å². The van der Waals surface area contributed by atoms with E-state index in [2.05, 4.69) is 10.3 Å². The number of hydrogen-bond donors (Lipinski definition) is 1. The van der Waals surface area contributed by atoms with Gasteiger partial charge in [0.15, 0.2) is 0 Å². The lowest BCUT2D eigenvalue weighted by Crippen LogP contribution is -2.13. The van der Waals surface area contributed by atoms with Crippen LogP contribution in [0.4, 0.5) is 5.69 Å². The van der Waals surface area contributed by atoms with E-state index < -0.39 is 11.9 Å². The number of amides is 1. The van der Waals surface area contributed by atoms with Gasteiger partial charge in [0.1, 0.15) is 0 Å². The smallest absolute Gasteiger partial charge is 0.330 e. The first kappa shape index (κ1) is 19.9. The molecule has 0 atom stereocenters. The van der Waals surface area contributed by atoms with Gasteiger partial charge in [-0.1, -0.05) is 41.4 Å². The van der Waals surface area contributed by atoms with Crippen LogP contribution < -0.4 is 5.32 Å². The van der Waals surface area contributed by atoms with Gasteiger partial charge >= 0.3 is 5.97 Å². The molecule has 0 radical (unpaired) electrons. The van der Waals surface area contributed by atoms with Crippen molar-refractivity contribution >= 4 is 57.7 Å². The van der Waals surface area contributed by atoms with E-state index in [4.69, 9.17) is 27.9 Å². The number of halogens is 2. The van der Waals surface area contributed by atoms with Crippen molar-refractivity contribution in [3.63, 3.8) is 0 Å². The summed E-state index contributed by atoms with van der Waals surface area (Å²) in [6.45, 7) is 2.05. The Balaban J connectivity index is 1.96. The third-order valence-electron chi connectivity index (χ3n) is 3.93. The second kappa shape index (κ2) is 8.87. The van der Waals surface area contributed by atoms with Crippen LogP contribution in [0.3, 0.4) is 0 Å². The molecule has 1 amide bonds. The molecule has 0 aliphatic rings. The Kier molecular flexibility index (Phi) is 6.29. The maximum Gasteiger partial charge on any atom is 0.330 e. The predicted molar refractivity (Wildman–Crippen MR) is 112 cm³/mol. The summed E-state index contributed by atoms with van der Waals surface area (Å²) < 4.78 is 4.90. The van der Waals surface area contributed by atoms with Gasteiger partial charge < -0.3 is 10.1 Å². The van der Waals surface area contributed by atoms with Crippen molar-refractivity contribution in [1.29, 1.82) is 0 Å². The lowest BCUT2D eigenvalue weighted by atomic mass is 10.1. The zero-order chi connectivity index (χ0) is 20.1. The molecule has 1 heterocycles. The highest BCUT2D eigenvalue weighted by Gasteiger charge is 2.16. The Morgan fingerprint density at radius 2 is 1.82 bits per heavy atom. The molecule has 0 spiro atoms. The van der Waals surface area contributed by atoms with Crippen molar-refractivity contribution in [2.75, 3.05) is 11.9 Å². The SMILES string of the molecule is CCOC(=O)/C=C/c1ccnc2c(NC(=O)c3c(Cl)cccc3Cl)cccc12. The lowest BCUT2D eigenvalue weighted by Gasteiger charge is -2.11. The fourth-order valence-electron chi connectivity index (χ4n) is 2.69. The largest absolute Gasteiger partial charge is 0.463 e. The minimum Gasteiger partial charge on any atom is -0.463 e. The molecule has 2 aromatic carbocycles. The third kappa shape index (κ3) is 4.32. The first-order valence-corrected chi connectivity index (χ1v) is 9.24. The number of anilines is 1. The zero-order valence-corrected chi connectivity index (χ0v) is 16.4. The van der Waals surface area contributed by atoms with E-state index >= 15 is 0 Å². The maximum atomic E-state index is 12.7. The number of rotatable bonds is 5. The summed E-state index contributed by atoms with van der Waals surface area (Å²) in [5.41, 5.74) is 2.04. The minimum absolute atomic E-state index is 0.196. The van der Waals surface area contributed by atoms with Gasteiger partial charge in [-0.05, 0) is 42.8 Å². The topological polar surface area (TPSA) is 68.3 Å². The number of para-hydroxylation sites is 1. The molecule has 0 saturated carbocycles. The number of fused-ring (bicyclic) bond motifs is 1. The molecule has 1 N–H and O–H groups in total. The van der Waals surface area contributed by atoms with E-state index in [-0.39, 0.29) is 15.6 Å². The molecular weight excluding hydrogens is 399 g/mol. The molecule has 0 unspecified atom stereocenters. The standard InChI is InChI=1S/C21H16Cl2N2O3/c1-2-28-18(26)10-9-13-11-12-24-20-14(13)5-3-8-17(20)25-21(27)19-15(22)6-4-7-16(19)23/h3-12H,2H2,1H3,(H,25,27)/b10-9+. The van der Waals surface area contributed by atoms with Crippen LogP contribution in [0.2, 0.25) is 10.0 Å². The van der Waals surface area contributed by atoms with Gasteiger partial charge in [0.25, 0.3) is 5.91 Å². The van der Waals surface area contributed by atoms with Crippen LogP contribution in [-0.4, -0.2) is 23.5 Å². The molecule has 0 fully saturated rings. The molecule has 3 aromatic rings. The number of hydrogen-bond acceptors (Lipinski definition) is 4. The molecular formula is C21H16Cl2N2O3. The summed E-state index contributed by atoms with van der Waals surface area (Å²) in [7, 11) is 0. The number of esters is 1. The van der Waals surface area contributed by atoms with Gasteiger partial charge in [-0.15, -0.1) is 0 Å². The number of carbonyl (C=O) groups excluding carboxylic acids is 2. The highest BCUT2D eigenvalue weighted by Crippen LogP contribution is 2.28. The van der Waals surface area contributed by atoms with Crippen LogP contribution in [-0.2, 0) is 9.53 Å². The Labute approximate surface area is 171 Å². The predicted octanol–water partition coefficient (Wildman–Crippen LogP) is 5.37. The highest BCUT2D eigenvalue weighted by atomic mass is 35.5. The number of aromatic nitrogens is 1. The van der Waals surface area contributed by atoms with Crippen molar-refractivity contribution in [2.24, 2.45) is 0 Å².